The smallest absolute Gasteiger partial charge is 0.248 e. The van der Waals surface area contributed by atoms with Crippen LogP contribution in [-0.2, 0) is 9.59 Å². The zero-order chi connectivity index (χ0) is 20.7. The fraction of sp³-hybridized carbons (Fsp3) is 0.263. The first-order valence-corrected chi connectivity index (χ1v) is 10.6. The zero-order valence-electron chi connectivity index (χ0n) is 15.5. The van der Waals surface area contributed by atoms with Gasteiger partial charge in [-0.2, -0.15) is 0 Å². The average molecular weight is 528 g/mol. The van der Waals surface area contributed by atoms with Crippen LogP contribution in [0.5, 0.6) is 0 Å². The quantitative estimate of drug-likeness (QED) is 0.206. The van der Waals surface area contributed by atoms with Crippen molar-refractivity contribution < 1.29 is 9.59 Å². The summed E-state index contributed by atoms with van der Waals surface area (Å²) in [5.74, 6) is -0.935. The molecule has 1 aromatic carbocycles. The van der Waals surface area contributed by atoms with Crippen molar-refractivity contribution in [3.8, 4) is 0 Å². The standard InChI is InChI=1S/C19H21IN4O2S2/c1-23(18(27)13-6-4-3-5-7-13)21-16(25)12-17(26)22-24(2)19(28)14-8-10-15(20)11-9-14/h3-10,15H,11-12H2,1-2H3,(H,21,25)(H,22,26). The van der Waals surface area contributed by atoms with Gasteiger partial charge in [-0.1, -0.05) is 95.6 Å². The van der Waals surface area contributed by atoms with E-state index >= 15 is 0 Å². The highest BCUT2D eigenvalue weighted by molar-refractivity contribution is 14.1. The predicted molar refractivity (Wildman–Crippen MR) is 127 cm³/mol. The number of allylic oxidation sites excluding steroid dienone is 2. The number of amides is 2. The molecule has 2 rings (SSSR count). The maximum absolute atomic E-state index is 12.2. The van der Waals surface area contributed by atoms with Crippen LogP contribution in [0.4, 0.5) is 0 Å². The molecule has 1 atom stereocenters. The Balaban J connectivity index is 1.82. The molecule has 9 heteroatoms. The van der Waals surface area contributed by atoms with Crippen molar-refractivity contribution in [1.29, 1.82) is 0 Å². The Morgan fingerprint density at radius 3 is 2.18 bits per heavy atom. The monoisotopic (exact) mass is 528 g/mol. The molecule has 0 bridgehead atoms. The molecule has 0 saturated carbocycles. The average Bonchev–Trinajstić information content (AvgIpc) is 2.67. The summed E-state index contributed by atoms with van der Waals surface area (Å²) in [6.45, 7) is 0. The number of alkyl halides is 1. The number of likely N-dealkylation sites (N-methyl/N-ethyl adjacent to an activating group) is 1. The number of hydrogen-bond donors (Lipinski definition) is 2. The van der Waals surface area contributed by atoms with Crippen molar-refractivity contribution in [2.24, 2.45) is 0 Å². The molecule has 0 saturated heterocycles. The minimum Gasteiger partial charge on any atom is -0.277 e. The molecule has 148 valence electrons. The van der Waals surface area contributed by atoms with Gasteiger partial charge in [0.15, 0.2) is 0 Å². The number of hydrogen-bond acceptors (Lipinski definition) is 4. The number of carbonyl (C=O) groups excluding carboxylic acids is 2. The van der Waals surface area contributed by atoms with E-state index in [4.69, 9.17) is 24.4 Å². The predicted octanol–water partition coefficient (Wildman–Crippen LogP) is 2.70. The van der Waals surface area contributed by atoms with Gasteiger partial charge in [0.1, 0.15) is 16.4 Å². The van der Waals surface area contributed by atoms with Crippen LogP contribution in [0.2, 0.25) is 0 Å². The van der Waals surface area contributed by atoms with E-state index in [0.29, 0.717) is 13.9 Å². The summed E-state index contributed by atoms with van der Waals surface area (Å²) in [5.41, 5.74) is 6.90. The maximum atomic E-state index is 12.2. The van der Waals surface area contributed by atoms with E-state index in [-0.39, 0.29) is 6.42 Å². The molecule has 0 aromatic heterocycles. The highest BCUT2D eigenvalue weighted by Crippen LogP contribution is 2.18. The number of nitrogens with zero attached hydrogens (tertiary/aromatic N) is 2. The van der Waals surface area contributed by atoms with Crippen molar-refractivity contribution in [1.82, 2.24) is 20.9 Å². The number of thiocarbonyl (C=S) groups is 2. The van der Waals surface area contributed by atoms with Gasteiger partial charge in [-0.3, -0.25) is 30.5 Å². The second-order valence-electron chi connectivity index (χ2n) is 6.11. The molecule has 1 unspecified atom stereocenters. The first-order valence-electron chi connectivity index (χ1n) is 8.50. The Kier molecular flexibility index (Phi) is 8.52. The number of halogens is 1. The lowest BCUT2D eigenvalue weighted by atomic mass is 10.1. The third-order valence-corrected chi connectivity index (χ3v) is 5.77. The van der Waals surface area contributed by atoms with E-state index in [1.807, 2.05) is 42.5 Å². The first kappa shape index (κ1) is 22.4. The van der Waals surface area contributed by atoms with Gasteiger partial charge in [0.05, 0.1) is 0 Å². The molecule has 1 aliphatic carbocycles. The van der Waals surface area contributed by atoms with Gasteiger partial charge in [0.2, 0.25) is 11.8 Å². The first-order chi connectivity index (χ1) is 13.3. The van der Waals surface area contributed by atoms with Gasteiger partial charge < -0.3 is 0 Å². The van der Waals surface area contributed by atoms with Crippen molar-refractivity contribution in [3.05, 3.63) is 59.7 Å². The molecular formula is C19H21IN4O2S2. The molecule has 2 amide bonds. The Morgan fingerprint density at radius 1 is 1.07 bits per heavy atom. The van der Waals surface area contributed by atoms with Gasteiger partial charge in [-0.05, 0) is 6.42 Å². The lowest BCUT2D eigenvalue weighted by Crippen LogP contribution is -2.47. The Labute approximate surface area is 189 Å². The normalized spacial score (nSPS) is 15.2. The minimum atomic E-state index is -0.470. The van der Waals surface area contributed by atoms with Crippen LogP contribution in [0.15, 0.2) is 54.1 Å². The summed E-state index contributed by atoms with van der Waals surface area (Å²) in [6, 6.07) is 9.31. The van der Waals surface area contributed by atoms with E-state index in [1.54, 1.807) is 14.1 Å². The SMILES string of the molecule is CN(NC(=O)CC(=O)NN(C)C(=S)c1ccccc1)C(=S)C1=CCC(I)C=C1. The summed E-state index contributed by atoms with van der Waals surface area (Å²) in [6.07, 6.45) is 6.59. The number of nitrogens with one attached hydrogen (secondary N) is 2. The van der Waals surface area contributed by atoms with E-state index in [9.17, 15) is 9.59 Å². The van der Waals surface area contributed by atoms with E-state index in [2.05, 4.69) is 39.5 Å². The van der Waals surface area contributed by atoms with E-state index in [0.717, 1.165) is 17.6 Å². The number of rotatable bonds is 4. The van der Waals surface area contributed by atoms with Crippen LogP contribution in [-0.4, -0.2) is 49.8 Å². The van der Waals surface area contributed by atoms with Crippen LogP contribution in [0.3, 0.4) is 0 Å². The van der Waals surface area contributed by atoms with Crippen LogP contribution < -0.4 is 10.9 Å². The molecule has 0 fully saturated rings. The summed E-state index contributed by atoms with van der Waals surface area (Å²) in [5, 5.41) is 2.87. The van der Waals surface area contributed by atoms with Gasteiger partial charge in [-0.25, -0.2) is 0 Å². The number of hydrazine groups is 2. The molecule has 1 aromatic rings. The highest BCUT2D eigenvalue weighted by Gasteiger charge is 2.17. The topological polar surface area (TPSA) is 64.7 Å². The van der Waals surface area contributed by atoms with Gasteiger partial charge >= 0.3 is 0 Å². The van der Waals surface area contributed by atoms with Gasteiger partial charge in [-0.15, -0.1) is 0 Å². The second kappa shape index (κ2) is 10.6. The molecule has 0 radical (unpaired) electrons. The lowest BCUT2D eigenvalue weighted by Gasteiger charge is -2.24. The molecule has 0 spiro atoms. The van der Waals surface area contributed by atoms with E-state index < -0.39 is 11.8 Å². The molecule has 28 heavy (non-hydrogen) atoms. The van der Waals surface area contributed by atoms with E-state index in [1.165, 1.54) is 10.0 Å². The molecule has 0 heterocycles. The highest BCUT2D eigenvalue weighted by atomic mass is 127. The second-order valence-corrected chi connectivity index (χ2v) is 8.48. The minimum absolute atomic E-state index is 0.348. The molecule has 1 aliphatic rings. The van der Waals surface area contributed by atoms with Crippen LogP contribution >= 0.6 is 47.0 Å². The van der Waals surface area contributed by atoms with Gasteiger partial charge in [0.25, 0.3) is 0 Å². The third-order valence-electron chi connectivity index (χ3n) is 3.83. The summed E-state index contributed by atoms with van der Waals surface area (Å²) >= 11 is 13.1. The van der Waals surface area contributed by atoms with Crippen molar-refractivity contribution in [3.63, 3.8) is 0 Å². The number of carbonyl (C=O) groups is 2. The third kappa shape index (κ3) is 6.64. The Hall–Kier alpha value is -1.85. The summed E-state index contributed by atoms with van der Waals surface area (Å²) in [7, 11) is 3.29. The zero-order valence-corrected chi connectivity index (χ0v) is 19.3. The Morgan fingerprint density at radius 2 is 1.64 bits per heavy atom. The van der Waals surface area contributed by atoms with Crippen LogP contribution in [0, 0.1) is 0 Å². The number of benzene rings is 1. The summed E-state index contributed by atoms with van der Waals surface area (Å²) < 4.78 is 0.451. The molecule has 0 aliphatic heterocycles. The van der Waals surface area contributed by atoms with Crippen molar-refractivity contribution >= 4 is 68.8 Å². The van der Waals surface area contributed by atoms with Crippen molar-refractivity contribution in [2.45, 2.75) is 16.8 Å². The van der Waals surface area contributed by atoms with Crippen LogP contribution in [0.1, 0.15) is 18.4 Å². The lowest BCUT2D eigenvalue weighted by molar-refractivity contribution is -0.132. The largest absolute Gasteiger partial charge is 0.277 e. The molecule has 2 N–H and O–H groups in total. The fourth-order valence-corrected chi connectivity index (χ4v) is 3.26. The summed E-state index contributed by atoms with van der Waals surface area (Å²) in [4.78, 5) is 25.3. The molecule has 6 nitrogen and oxygen atoms in total. The Bertz CT molecular complexity index is 826. The van der Waals surface area contributed by atoms with Gasteiger partial charge in [0, 0.05) is 29.2 Å². The fourth-order valence-electron chi connectivity index (χ4n) is 2.42. The van der Waals surface area contributed by atoms with Crippen molar-refractivity contribution in [2.75, 3.05) is 14.1 Å². The van der Waals surface area contributed by atoms with Crippen LogP contribution in [0.25, 0.3) is 0 Å². The molecular weight excluding hydrogens is 507 g/mol. The maximum Gasteiger partial charge on any atom is 0.248 e.